The van der Waals surface area contributed by atoms with E-state index >= 15 is 0 Å². The SMILES string of the molecule is CCC(N)Cc1cc(Br)c(OCCSC)c(OC)c1. The number of nitrogens with two attached hydrogens (primary N) is 1. The van der Waals surface area contributed by atoms with Crippen molar-refractivity contribution in [1.82, 2.24) is 0 Å². The smallest absolute Gasteiger partial charge is 0.175 e. The summed E-state index contributed by atoms with van der Waals surface area (Å²) in [5, 5.41) is 0. The van der Waals surface area contributed by atoms with E-state index in [9.17, 15) is 0 Å². The van der Waals surface area contributed by atoms with Gasteiger partial charge in [-0.3, -0.25) is 0 Å². The summed E-state index contributed by atoms with van der Waals surface area (Å²) in [6.07, 6.45) is 3.87. The summed E-state index contributed by atoms with van der Waals surface area (Å²) >= 11 is 5.31. The molecule has 19 heavy (non-hydrogen) atoms. The number of benzene rings is 1. The maximum atomic E-state index is 5.99. The summed E-state index contributed by atoms with van der Waals surface area (Å²) in [6.45, 7) is 2.76. The highest BCUT2D eigenvalue weighted by atomic mass is 79.9. The third-order valence-electron chi connectivity index (χ3n) is 2.85. The summed E-state index contributed by atoms with van der Waals surface area (Å²) in [4.78, 5) is 0. The van der Waals surface area contributed by atoms with Gasteiger partial charge in [-0.2, -0.15) is 11.8 Å². The van der Waals surface area contributed by atoms with E-state index in [0.717, 1.165) is 40.1 Å². The van der Waals surface area contributed by atoms with Gasteiger partial charge in [0.15, 0.2) is 11.5 Å². The van der Waals surface area contributed by atoms with Crippen molar-refractivity contribution < 1.29 is 9.47 Å². The molecule has 0 radical (unpaired) electrons. The molecule has 0 spiro atoms. The van der Waals surface area contributed by atoms with Gasteiger partial charge in [-0.05, 0) is 52.7 Å². The highest BCUT2D eigenvalue weighted by Crippen LogP contribution is 2.37. The van der Waals surface area contributed by atoms with E-state index in [0.29, 0.717) is 6.61 Å². The molecule has 0 heterocycles. The van der Waals surface area contributed by atoms with Crippen molar-refractivity contribution in [3.63, 3.8) is 0 Å². The average molecular weight is 348 g/mol. The molecule has 0 saturated heterocycles. The standard InChI is InChI=1S/C14H22BrNO2S/c1-4-11(16)7-10-8-12(15)14(13(9-10)17-2)18-5-6-19-3/h8-9,11H,4-7,16H2,1-3H3. The Morgan fingerprint density at radius 3 is 2.74 bits per heavy atom. The van der Waals surface area contributed by atoms with Crippen LogP contribution in [0.4, 0.5) is 0 Å². The molecular formula is C14H22BrNO2S. The number of thioether (sulfide) groups is 1. The second-order valence-electron chi connectivity index (χ2n) is 4.32. The van der Waals surface area contributed by atoms with Crippen molar-refractivity contribution in [2.75, 3.05) is 25.7 Å². The van der Waals surface area contributed by atoms with Crippen molar-refractivity contribution in [1.29, 1.82) is 0 Å². The van der Waals surface area contributed by atoms with Gasteiger partial charge in [-0.25, -0.2) is 0 Å². The van der Waals surface area contributed by atoms with Crippen molar-refractivity contribution in [2.24, 2.45) is 5.73 Å². The summed E-state index contributed by atoms with van der Waals surface area (Å²) in [6, 6.07) is 4.25. The topological polar surface area (TPSA) is 44.5 Å². The second-order valence-corrected chi connectivity index (χ2v) is 6.16. The summed E-state index contributed by atoms with van der Waals surface area (Å²) in [5.74, 6) is 2.48. The zero-order valence-corrected chi connectivity index (χ0v) is 14.1. The van der Waals surface area contributed by atoms with E-state index in [-0.39, 0.29) is 6.04 Å². The van der Waals surface area contributed by atoms with Gasteiger partial charge in [0.25, 0.3) is 0 Å². The zero-order valence-electron chi connectivity index (χ0n) is 11.7. The molecule has 0 amide bonds. The predicted octanol–water partition coefficient (Wildman–Crippen LogP) is 3.48. The molecule has 5 heteroatoms. The fourth-order valence-electron chi connectivity index (χ4n) is 1.71. The Hall–Kier alpha value is -0.390. The molecule has 0 aliphatic heterocycles. The first-order valence-electron chi connectivity index (χ1n) is 6.36. The van der Waals surface area contributed by atoms with Crippen LogP contribution in [-0.4, -0.2) is 31.8 Å². The highest BCUT2D eigenvalue weighted by molar-refractivity contribution is 9.10. The minimum absolute atomic E-state index is 0.180. The van der Waals surface area contributed by atoms with Gasteiger partial charge in [0.05, 0.1) is 18.2 Å². The Bertz CT molecular complexity index is 401. The van der Waals surface area contributed by atoms with E-state index in [1.165, 1.54) is 0 Å². The van der Waals surface area contributed by atoms with Crippen molar-refractivity contribution in [3.05, 3.63) is 22.2 Å². The Morgan fingerprint density at radius 1 is 1.42 bits per heavy atom. The van der Waals surface area contributed by atoms with E-state index in [1.54, 1.807) is 18.9 Å². The molecule has 1 aromatic rings. The number of ether oxygens (including phenoxy) is 2. The van der Waals surface area contributed by atoms with Gasteiger partial charge < -0.3 is 15.2 Å². The lowest BCUT2D eigenvalue weighted by molar-refractivity contribution is 0.311. The van der Waals surface area contributed by atoms with Gasteiger partial charge in [0.2, 0.25) is 0 Å². The van der Waals surface area contributed by atoms with E-state index in [1.807, 2.05) is 6.07 Å². The lowest BCUT2D eigenvalue weighted by atomic mass is 10.0. The second kappa shape index (κ2) is 8.72. The molecule has 0 saturated carbocycles. The van der Waals surface area contributed by atoms with Crippen LogP contribution in [0.2, 0.25) is 0 Å². The van der Waals surface area contributed by atoms with Crippen LogP contribution in [0.5, 0.6) is 11.5 Å². The maximum Gasteiger partial charge on any atom is 0.175 e. The van der Waals surface area contributed by atoms with Crippen molar-refractivity contribution >= 4 is 27.7 Å². The van der Waals surface area contributed by atoms with Crippen molar-refractivity contribution in [3.8, 4) is 11.5 Å². The van der Waals surface area contributed by atoms with Crippen LogP contribution in [0.15, 0.2) is 16.6 Å². The molecule has 0 fully saturated rings. The molecule has 3 nitrogen and oxygen atoms in total. The van der Waals surface area contributed by atoms with Crippen LogP contribution in [0.3, 0.4) is 0 Å². The first-order chi connectivity index (χ1) is 9.12. The van der Waals surface area contributed by atoms with E-state index in [4.69, 9.17) is 15.2 Å². The fraction of sp³-hybridized carbons (Fsp3) is 0.571. The quantitative estimate of drug-likeness (QED) is 0.731. The lowest BCUT2D eigenvalue weighted by Crippen LogP contribution is -2.21. The molecular weight excluding hydrogens is 326 g/mol. The summed E-state index contributed by atoms with van der Waals surface area (Å²) in [7, 11) is 1.66. The zero-order chi connectivity index (χ0) is 14.3. The Balaban J connectivity index is 2.87. The van der Waals surface area contributed by atoms with E-state index < -0.39 is 0 Å². The first kappa shape index (κ1) is 16.7. The molecule has 1 unspecified atom stereocenters. The van der Waals surface area contributed by atoms with Crippen LogP contribution in [-0.2, 0) is 6.42 Å². The van der Waals surface area contributed by atoms with Gasteiger partial charge in [0.1, 0.15) is 0 Å². The summed E-state index contributed by atoms with van der Waals surface area (Å²) in [5.41, 5.74) is 7.16. The average Bonchev–Trinajstić information content (AvgIpc) is 2.40. The van der Waals surface area contributed by atoms with Crippen LogP contribution < -0.4 is 15.2 Å². The van der Waals surface area contributed by atoms with Gasteiger partial charge in [-0.1, -0.05) is 6.92 Å². The van der Waals surface area contributed by atoms with Crippen LogP contribution in [0, 0.1) is 0 Å². The Labute approximate surface area is 128 Å². The number of halogens is 1. The van der Waals surface area contributed by atoms with Crippen molar-refractivity contribution in [2.45, 2.75) is 25.8 Å². The number of hydrogen-bond donors (Lipinski definition) is 1. The highest BCUT2D eigenvalue weighted by Gasteiger charge is 2.13. The molecule has 0 aliphatic rings. The van der Waals surface area contributed by atoms with E-state index in [2.05, 4.69) is 35.2 Å². The molecule has 2 N–H and O–H groups in total. The number of hydrogen-bond acceptors (Lipinski definition) is 4. The van der Waals surface area contributed by atoms with Gasteiger partial charge in [-0.15, -0.1) is 0 Å². The maximum absolute atomic E-state index is 5.99. The monoisotopic (exact) mass is 347 g/mol. The number of rotatable bonds is 8. The summed E-state index contributed by atoms with van der Waals surface area (Å²) < 4.78 is 12.1. The first-order valence-corrected chi connectivity index (χ1v) is 8.54. The lowest BCUT2D eigenvalue weighted by Gasteiger charge is -2.15. The third-order valence-corrected chi connectivity index (χ3v) is 4.01. The molecule has 1 atom stereocenters. The molecule has 0 bridgehead atoms. The normalized spacial score (nSPS) is 12.3. The predicted molar refractivity (Wildman–Crippen MR) is 86.5 cm³/mol. The molecule has 0 aromatic heterocycles. The molecule has 108 valence electrons. The van der Waals surface area contributed by atoms with Gasteiger partial charge >= 0.3 is 0 Å². The molecule has 0 aliphatic carbocycles. The third kappa shape index (κ3) is 5.24. The molecule has 1 aromatic carbocycles. The van der Waals surface area contributed by atoms with Crippen LogP contribution >= 0.6 is 27.7 Å². The molecule has 1 rings (SSSR count). The minimum Gasteiger partial charge on any atom is -0.493 e. The van der Waals surface area contributed by atoms with Crippen LogP contribution in [0.1, 0.15) is 18.9 Å². The largest absolute Gasteiger partial charge is 0.493 e. The Kier molecular flexibility index (Phi) is 7.64. The fourth-order valence-corrected chi connectivity index (χ4v) is 2.56. The Morgan fingerprint density at radius 2 is 2.16 bits per heavy atom. The van der Waals surface area contributed by atoms with Gasteiger partial charge in [0, 0.05) is 11.8 Å². The number of methoxy groups -OCH3 is 1. The van der Waals surface area contributed by atoms with Crippen LogP contribution in [0.25, 0.3) is 0 Å². The minimum atomic E-state index is 0.180.